The summed E-state index contributed by atoms with van der Waals surface area (Å²) < 4.78 is 5.14. The molecule has 20 heavy (non-hydrogen) atoms. The minimum Gasteiger partial charge on any atom is -0.494 e. The van der Waals surface area contributed by atoms with Gasteiger partial charge in [0.25, 0.3) is 0 Å². The van der Waals surface area contributed by atoms with Crippen molar-refractivity contribution in [2.75, 3.05) is 12.4 Å². The minimum absolute atomic E-state index is 0.517. The smallest absolute Gasteiger partial charge is 0.156 e. The van der Waals surface area contributed by atoms with E-state index in [4.69, 9.17) is 27.9 Å². The van der Waals surface area contributed by atoms with Gasteiger partial charge in [0.05, 0.1) is 17.2 Å². The van der Waals surface area contributed by atoms with Crippen molar-refractivity contribution < 1.29 is 4.74 Å². The Morgan fingerprint density at radius 2 is 1.70 bits per heavy atom. The van der Waals surface area contributed by atoms with Crippen LogP contribution in [0.2, 0.25) is 10.0 Å². The van der Waals surface area contributed by atoms with Gasteiger partial charge in [-0.2, -0.15) is 0 Å². The van der Waals surface area contributed by atoms with E-state index in [-0.39, 0.29) is 0 Å². The third-order valence-electron chi connectivity index (χ3n) is 3.14. The van der Waals surface area contributed by atoms with Crippen molar-refractivity contribution in [3.8, 4) is 5.75 Å². The van der Waals surface area contributed by atoms with Crippen LogP contribution in [0.4, 0.5) is 5.69 Å². The lowest BCUT2D eigenvalue weighted by Crippen LogP contribution is -2.02. The fourth-order valence-electron chi connectivity index (χ4n) is 2.03. The molecule has 0 saturated heterocycles. The summed E-state index contributed by atoms with van der Waals surface area (Å²) in [6.45, 7) is 4.81. The number of aryl methyl sites for hydroxylation is 2. The highest BCUT2D eigenvalue weighted by molar-refractivity contribution is 6.37. The molecule has 0 aromatic heterocycles. The van der Waals surface area contributed by atoms with Crippen LogP contribution in [0.1, 0.15) is 16.7 Å². The predicted octanol–water partition coefficient (Wildman–Crippen LogP) is 5.23. The molecular formula is C16H17Cl2NO. The van der Waals surface area contributed by atoms with Crippen LogP contribution in [0, 0.1) is 13.8 Å². The molecule has 106 valence electrons. The van der Waals surface area contributed by atoms with Crippen LogP contribution in [0.5, 0.6) is 5.75 Å². The molecule has 2 aromatic carbocycles. The first-order valence-corrected chi connectivity index (χ1v) is 7.10. The Kier molecular flexibility index (Phi) is 4.79. The summed E-state index contributed by atoms with van der Waals surface area (Å²) >= 11 is 12.3. The number of halogens is 2. The van der Waals surface area contributed by atoms with Crippen LogP contribution in [0.25, 0.3) is 0 Å². The van der Waals surface area contributed by atoms with Gasteiger partial charge in [-0.3, -0.25) is 0 Å². The molecule has 4 heteroatoms. The SMILES string of the molecule is COc1c(Cl)cc(CNc2cc(C)ccc2C)cc1Cl. The quantitative estimate of drug-likeness (QED) is 0.835. The standard InChI is InChI=1S/C16H17Cl2NO/c1-10-4-5-11(2)15(6-10)19-9-12-7-13(17)16(20-3)14(18)8-12/h4-8,19H,9H2,1-3H3. The maximum atomic E-state index is 6.14. The summed E-state index contributed by atoms with van der Waals surface area (Å²) in [5.41, 5.74) is 4.57. The zero-order valence-corrected chi connectivity index (χ0v) is 13.3. The van der Waals surface area contributed by atoms with Crippen LogP contribution < -0.4 is 10.1 Å². The Bertz CT molecular complexity index is 603. The second kappa shape index (κ2) is 6.38. The number of rotatable bonds is 4. The van der Waals surface area contributed by atoms with Crippen molar-refractivity contribution >= 4 is 28.9 Å². The molecule has 0 bridgehead atoms. The molecule has 0 spiro atoms. The number of benzene rings is 2. The van der Waals surface area contributed by atoms with Crippen LogP contribution >= 0.6 is 23.2 Å². The highest BCUT2D eigenvalue weighted by atomic mass is 35.5. The Labute approximate surface area is 129 Å². The molecule has 0 heterocycles. The minimum atomic E-state index is 0.517. The van der Waals surface area contributed by atoms with Gasteiger partial charge >= 0.3 is 0 Å². The average Bonchev–Trinajstić information content (AvgIpc) is 2.39. The Balaban J connectivity index is 2.17. The maximum Gasteiger partial charge on any atom is 0.156 e. The van der Waals surface area contributed by atoms with Crippen molar-refractivity contribution in [1.82, 2.24) is 0 Å². The van der Waals surface area contributed by atoms with E-state index in [0.717, 1.165) is 11.3 Å². The summed E-state index contributed by atoms with van der Waals surface area (Å²) in [7, 11) is 1.56. The lowest BCUT2D eigenvalue weighted by molar-refractivity contribution is 0.415. The number of nitrogens with one attached hydrogen (secondary N) is 1. The summed E-state index contributed by atoms with van der Waals surface area (Å²) in [6, 6.07) is 10.1. The molecule has 2 aromatic rings. The lowest BCUT2D eigenvalue weighted by atomic mass is 10.1. The third-order valence-corrected chi connectivity index (χ3v) is 3.70. The van der Waals surface area contributed by atoms with E-state index < -0.39 is 0 Å². The van der Waals surface area contributed by atoms with Gasteiger partial charge in [-0.1, -0.05) is 35.3 Å². The zero-order valence-electron chi connectivity index (χ0n) is 11.8. The molecule has 2 rings (SSSR count). The molecule has 0 radical (unpaired) electrons. The van der Waals surface area contributed by atoms with Crippen molar-refractivity contribution in [1.29, 1.82) is 0 Å². The van der Waals surface area contributed by atoms with Gasteiger partial charge in [0, 0.05) is 12.2 Å². The van der Waals surface area contributed by atoms with Gasteiger partial charge in [0.15, 0.2) is 5.75 Å². The molecule has 0 fully saturated rings. The highest BCUT2D eigenvalue weighted by Gasteiger charge is 2.08. The number of hydrogen-bond acceptors (Lipinski definition) is 2. The summed E-state index contributed by atoms with van der Waals surface area (Å²) in [5.74, 6) is 0.517. The first-order valence-electron chi connectivity index (χ1n) is 6.34. The van der Waals surface area contributed by atoms with Gasteiger partial charge in [-0.25, -0.2) is 0 Å². The molecule has 0 aliphatic carbocycles. The molecule has 0 aliphatic rings. The van der Waals surface area contributed by atoms with Crippen molar-refractivity contribution in [2.24, 2.45) is 0 Å². The third kappa shape index (κ3) is 3.38. The first kappa shape index (κ1) is 15.0. The van der Waals surface area contributed by atoms with E-state index in [1.54, 1.807) is 7.11 Å². The van der Waals surface area contributed by atoms with Crippen LogP contribution in [0.3, 0.4) is 0 Å². The average molecular weight is 310 g/mol. The van der Waals surface area contributed by atoms with Crippen LogP contribution in [0.15, 0.2) is 30.3 Å². The molecule has 0 saturated carbocycles. The van der Waals surface area contributed by atoms with Gasteiger partial charge in [0.2, 0.25) is 0 Å². The molecule has 0 amide bonds. The molecule has 0 aliphatic heterocycles. The van der Waals surface area contributed by atoms with Gasteiger partial charge in [-0.05, 0) is 48.7 Å². The highest BCUT2D eigenvalue weighted by Crippen LogP contribution is 2.34. The number of anilines is 1. The second-order valence-corrected chi connectivity index (χ2v) is 5.58. The zero-order chi connectivity index (χ0) is 14.7. The second-order valence-electron chi connectivity index (χ2n) is 4.76. The molecule has 1 N–H and O–H groups in total. The topological polar surface area (TPSA) is 21.3 Å². The Morgan fingerprint density at radius 1 is 1.05 bits per heavy atom. The Morgan fingerprint density at radius 3 is 2.30 bits per heavy atom. The normalized spacial score (nSPS) is 10.4. The van der Waals surface area contributed by atoms with Crippen molar-refractivity contribution in [2.45, 2.75) is 20.4 Å². The van der Waals surface area contributed by atoms with Crippen LogP contribution in [-0.4, -0.2) is 7.11 Å². The molecule has 0 atom stereocenters. The van der Waals surface area contributed by atoms with Gasteiger partial charge in [0.1, 0.15) is 0 Å². The molecular weight excluding hydrogens is 293 g/mol. The van der Waals surface area contributed by atoms with E-state index in [2.05, 4.69) is 37.4 Å². The monoisotopic (exact) mass is 309 g/mol. The van der Waals surface area contributed by atoms with E-state index in [1.807, 2.05) is 12.1 Å². The predicted molar refractivity (Wildman–Crippen MR) is 86.3 cm³/mol. The number of methoxy groups -OCH3 is 1. The number of ether oxygens (including phenoxy) is 1. The fraction of sp³-hybridized carbons (Fsp3) is 0.250. The molecule has 0 unspecified atom stereocenters. The summed E-state index contributed by atoms with van der Waals surface area (Å²) in [5, 5.41) is 4.46. The lowest BCUT2D eigenvalue weighted by Gasteiger charge is -2.12. The van der Waals surface area contributed by atoms with Gasteiger partial charge in [-0.15, -0.1) is 0 Å². The van der Waals surface area contributed by atoms with E-state index in [0.29, 0.717) is 22.3 Å². The van der Waals surface area contributed by atoms with Crippen molar-refractivity contribution in [3.63, 3.8) is 0 Å². The van der Waals surface area contributed by atoms with Gasteiger partial charge < -0.3 is 10.1 Å². The first-order chi connectivity index (χ1) is 9.51. The number of hydrogen-bond donors (Lipinski definition) is 1. The van der Waals surface area contributed by atoms with E-state index >= 15 is 0 Å². The largest absolute Gasteiger partial charge is 0.494 e. The van der Waals surface area contributed by atoms with Crippen LogP contribution in [-0.2, 0) is 6.54 Å². The maximum absolute atomic E-state index is 6.14. The van der Waals surface area contributed by atoms with Crippen molar-refractivity contribution in [3.05, 3.63) is 57.1 Å². The Hall–Kier alpha value is -1.38. The molecule has 2 nitrogen and oxygen atoms in total. The summed E-state index contributed by atoms with van der Waals surface area (Å²) in [4.78, 5) is 0. The summed E-state index contributed by atoms with van der Waals surface area (Å²) in [6.07, 6.45) is 0. The van der Waals surface area contributed by atoms with E-state index in [9.17, 15) is 0 Å². The van der Waals surface area contributed by atoms with E-state index in [1.165, 1.54) is 11.1 Å². The fourth-order valence-corrected chi connectivity index (χ4v) is 2.72.